The molecule has 6 aromatic rings. The summed E-state index contributed by atoms with van der Waals surface area (Å²) < 4.78 is 0. The van der Waals surface area contributed by atoms with E-state index in [9.17, 15) is 0 Å². The van der Waals surface area contributed by atoms with Crippen molar-refractivity contribution < 1.29 is 0 Å². The topological polar surface area (TPSA) is 0 Å². The van der Waals surface area contributed by atoms with Crippen LogP contribution in [0, 0.1) is 35.5 Å². The first-order valence-corrected chi connectivity index (χ1v) is 22.8. The molecule has 6 bridgehead atoms. The molecule has 57 heavy (non-hydrogen) atoms. The summed E-state index contributed by atoms with van der Waals surface area (Å²) in [6, 6.07) is 54.9. The highest BCUT2D eigenvalue weighted by Crippen LogP contribution is 2.68. The van der Waals surface area contributed by atoms with Crippen LogP contribution >= 0.6 is 0 Å². The zero-order valence-corrected chi connectivity index (χ0v) is 33.3. The van der Waals surface area contributed by atoms with Gasteiger partial charge in [-0.25, -0.2) is 0 Å². The van der Waals surface area contributed by atoms with Crippen molar-refractivity contribution in [3.63, 3.8) is 0 Å². The lowest BCUT2D eigenvalue weighted by atomic mass is 9.67. The smallest absolute Gasteiger partial charge is 0.0246 e. The maximum atomic E-state index is 2.40. The number of hydrogen-bond acceptors (Lipinski definition) is 0. The zero-order valence-electron chi connectivity index (χ0n) is 33.3. The van der Waals surface area contributed by atoms with Crippen molar-refractivity contribution in [1.29, 1.82) is 0 Å². The monoisotopic (exact) mass is 738 g/mol. The molecular weight excluding hydrogens is 685 g/mol. The van der Waals surface area contributed by atoms with Gasteiger partial charge < -0.3 is 0 Å². The van der Waals surface area contributed by atoms with Gasteiger partial charge in [-0.15, -0.1) is 0 Å². The summed E-state index contributed by atoms with van der Waals surface area (Å²) in [5.74, 6) is 5.60. The lowest BCUT2D eigenvalue weighted by Crippen LogP contribution is -2.31. The number of rotatable bonds is 0. The standard InChI is InChI=1S/3C19H18/c3*1-3-7-17-15(5-1)16-6-2-4-8-18(16)19(17)12-13-9-10-14(19)11-13/h3*1-8,13-14H,9-12H2/t13-,14+;;/m0../s1. The zero-order chi connectivity index (χ0) is 37.3. The van der Waals surface area contributed by atoms with E-state index in [1.807, 2.05) is 0 Å². The predicted octanol–water partition coefficient (Wildman–Crippen LogP) is 14.3. The number of fused-ring (bicyclic) bond motifs is 24. The molecule has 0 nitrogen and oxygen atoms in total. The molecule has 6 saturated carbocycles. The van der Waals surface area contributed by atoms with Gasteiger partial charge in [-0.05, 0) is 160 Å². The summed E-state index contributed by atoms with van der Waals surface area (Å²) in [4.78, 5) is 0. The molecule has 4 unspecified atom stereocenters. The Hall–Kier alpha value is -4.68. The molecule has 0 radical (unpaired) electrons. The molecule has 6 aromatic carbocycles. The Bertz CT molecular complexity index is 2150. The van der Waals surface area contributed by atoms with E-state index in [1.54, 1.807) is 33.4 Å². The first-order valence-electron chi connectivity index (χ1n) is 22.8. The van der Waals surface area contributed by atoms with Gasteiger partial charge in [-0.3, -0.25) is 0 Å². The first-order chi connectivity index (χ1) is 28.2. The molecule has 6 fully saturated rings. The van der Waals surface area contributed by atoms with Gasteiger partial charge in [0.1, 0.15) is 0 Å². The van der Waals surface area contributed by atoms with E-state index < -0.39 is 0 Å². The van der Waals surface area contributed by atoms with E-state index in [-0.39, 0.29) is 0 Å². The average Bonchev–Trinajstić information content (AvgIpc) is 4.17. The quantitative estimate of drug-likeness (QED) is 0.146. The average molecular weight is 739 g/mol. The second-order valence-electron chi connectivity index (χ2n) is 19.9. The van der Waals surface area contributed by atoms with Crippen molar-refractivity contribution in [2.45, 2.75) is 93.3 Å². The summed E-state index contributed by atoms with van der Waals surface area (Å²) in [5, 5.41) is 0. The van der Waals surface area contributed by atoms with E-state index in [2.05, 4.69) is 146 Å². The van der Waals surface area contributed by atoms with Crippen LogP contribution in [0.5, 0.6) is 0 Å². The normalized spacial score (nSPS) is 28.6. The molecule has 15 rings (SSSR count). The van der Waals surface area contributed by atoms with Gasteiger partial charge in [0, 0.05) is 16.2 Å². The van der Waals surface area contributed by atoms with Gasteiger partial charge in [0.15, 0.2) is 0 Å². The maximum Gasteiger partial charge on any atom is 0.0246 e. The fourth-order valence-electron chi connectivity index (χ4n) is 16.0. The summed E-state index contributed by atoms with van der Waals surface area (Å²) in [7, 11) is 0. The van der Waals surface area contributed by atoms with E-state index in [0.717, 1.165) is 35.5 Å². The molecule has 6 atom stereocenters. The summed E-state index contributed by atoms with van der Waals surface area (Å²) in [6.07, 6.45) is 17.3. The Labute approximate surface area is 339 Å². The van der Waals surface area contributed by atoms with Gasteiger partial charge >= 0.3 is 0 Å². The highest BCUT2D eigenvalue weighted by atomic mass is 14.6. The molecule has 0 heterocycles. The Morgan fingerprint density at radius 2 is 0.474 bits per heavy atom. The third kappa shape index (κ3) is 4.35. The Kier molecular flexibility index (Phi) is 7.11. The minimum Gasteiger partial charge on any atom is -0.0619 e. The van der Waals surface area contributed by atoms with Crippen LogP contribution in [0.25, 0.3) is 33.4 Å². The molecule has 3 spiro atoms. The second kappa shape index (κ2) is 12.2. The predicted molar refractivity (Wildman–Crippen MR) is 234 cm³/mol. The molecule has 0 amide bonds. The lowest BCUT2D eigenvalue weighted by molar-refractivity contribution is 0.327. The van der Waals surface area contributed by atoms with E-state index in [4.69, 9.17) is 0 Å². The van der Waals surface area contributed by atoms with Crippen LogP contribution in [0.2, 0.25) is 0 Å². The molecule has 0 heteroatoms. The Morgan fingerprint density at radius 3 is 0.649 bits per heavy atom. The number of hydrogen-bond donors (Lipinski definition) is 0. The van der Waals surface area contributed by atoms with Crippen molar-refractivity contribution in [3.05, 3.63) is 179 Å². The molecule has 9 aliphatic carbocycles. The lowest BCUT2D eigenvalue weighted by Gasteiger charge is -2.36. The highest BCUT2D eigenvalue weighted by molar-refractivity contribution is 5.83. The fourth-order valence-corrected chi connectivity index (χ4v) is 16.0. The fraction of sp³-hybridized carbons (Fsp3) is 0.368. The van der Waals surface area contributed by atoms with Crippen molar-refractivity contribution in [2.75, 3.05) is 0 Å². The third-order valence-electron chi connectivity index (χ3n) is 17.9. The highest BCUT2D eigenvalue weighted by Gasteiger charge is 2.59. The van der Waals surface area contributed by atoms with E-state index in [0.29, 0.717) is 16.2 Å². The van der Waals surface area contributed by atoms with Crippen LogP contribution in [-0.2, 0) is 16.2 Å². The van der Waals surface area contributed by atoms with Gasteiger partial charge in [-0.2, -0.15) is 0 Å². The summed E-state index contributed by atoms with van der Waals surface area (Å²) >= 11 is 0. The van der Waals surface area contributed by atoms with Crippen LogP contribution in [0.1, 0.15) is 110 Å². The molecule has 0 aromatic heterocycles. The minimum absolute atomic E-state index is 0.371. The van der Waals surface area contributed by atoms with Crippen molar-refractivity contribution >= 4 is 0 Å². The van der Waals surface area contributed by atoms with Crippen LogP contribution in [0.3, 0.4) is 0 Å². The largest absolute Gasteiger partial charge is 0.0619 e. The van der Waals surface area contributed by atoms with Crippen LogP contribution in [0.4, 0.5) is 0 Å². The minimum atomic E-state index is 0.371. The maximum absolute atomic E-state index is 2.40. The molecule has 9 aliphatic rings. The van der Waals surface area contributed by atoms with Gasteiger partial charge in [0.25, 0.3) is 0 Å². The third-order valence-corrected chi connectivity index (χ3v) is 17.9. The summed E-state index contributed by atoms with van der Waals surface area (Å²) in [5.41, 5.74) is 19.9. The van der Waals surface area contributed by atoms with Gasteiger partial charge in [-0.1, -0.05) is 165 Å². The van der Waals surface area contributed by atoms with Gasteiger partial charge in [0.2, 0.25) is 0 Å². The summed E-state index contributed by atoms with van der Waals surface area (Å²) in [6.45, 7) is 0. The Morgan fingerprint density at radius 1 is 0.263 bits per heavy atom. The molecule has 282 valence electrons. The molecule has 0 aliphatic heterocycles. The number of benzene rings is 6. The van der Waals surface area contributed by atoms with Crippen molar-refractivity contribution in [1.82, 2.24) is 0 Å². The van der Waals surface area contributed by atoms with Crippen molar-refractivity contribution in [3.8, 4) is 33.4 Å². The van der Waals surface area contributed by atoms with Crippen LogP contribution in [-0.4, -0.2) is 0 Å². The molecular formula is C57H54. The van der Waals surface area contributed by atoms with Crippen molar-refractivity contribution in [2.24, 2.45) is 35.5 Å². The second-order valence-corrected chi connectivity index (χ2v) is 19.9. The van der Waals surface area contributed by atoms with Gasteiger partial charge in [0.05, 0.1) is 0 Å². The SMILES string of the molecule is c1ccc2c(c1)-c1ccccc1C21CC2CCC1C2.c1ccc2c(c1)-c1ccccc1C21CC2CCC1C2.c1ccc2c(c1)-c1ccccc1C21C[C@H]2CC[C@@H]1C2. The Balaban J connectivity index is 0.0000000895. The first kappa shape index (κ1) is 33.3. The molecule has 0 saturated heterocycles. The van der Waals surface area contributed by atoms with E-state index in [1.165, 1.54) is 110 Å². The molecule has 0 N–H and O–H groups in total. The van der Waals surface area contributed by atoms with E-state index >= 15 is 0 Å². The van der Waals surface area contributed by atoms with Crippen LogP contribution in [0.15, 0.2) is 146 Å². The van der Waals surface area contributed by atoms with Crippen LogP contribution < -0.4 is 0 Å².